The van der Waals surface area contributed by atoms with Gasteiger partial charge in [0.25, 0.3) is 11.5 Å². The number of hydrogen-bond donors (Lipinski definition) is 2. The molecule has 7 nitrogen and oxygen atoms in total. The summed E-state index contributed by atoms with van der Waals surface area (Å²) >= 11 is 6.57. The Morgan fingerprint density at radius 3 is 2.61 bits per heavy atom. The molecular formula is C25H24ClN3O4. The minimum Gasteiger partial charge on any atom is -0.508 e. The van der Waals surface area contributed by atoms with Crippen LogP contribution in [0.15, 0.2) is 51.8 Å². The van der Waals surface area contributed by atoms with E-state index in [2.05, 4.69) is 10.5 Å². The van der Waals surface area contributed by atoms with Crippen molar-refractivity contribution < 1.29 is 14.4 Å². The molecule has 1 saturated carbocycles. The number of rotatable bonds is 4. The average Bonchev–Trinajstić information content (AvgIpc) is 3.21. The topological polar surface area (TPSA) is 97.4 Å². The number of aromatic hydroxyl groups is 1. The van der Waals surface area contributed by atoms with Crippen LogP contribution in [0.5, 0.6) is 5.75 Å². The molecule has 1 atom stereocenters. The lowest BCUT2D eigenvalue weighted by Gasteiger charge is -2.33. The van der Waals surface area contributed by atoms with Gasteiger partial charge in [-0.05, 0) is 62.1 Å². The molecule has 33 heavy (non-hydrogen) atoms. The van der Waals surface area contributed by atoms with Crippen LogP contribution >= 0.6 is 11.6 Å². The second kappa shape index (κ2) is 8.56. The summed E-state index contributed by atoms with van der Waals surface area (Å²) < 4.78 is 7.02. The quantitative estimate of drug-likeness (QED) is 0.425. The van der Waals surface area contributed by atoms with Crippen molar-refractivity contribution in [1.82, 2.24) is 15.0 Å². The Kier molecular flexibility index (Phi) is 5.58. The van der Waals surface area contributed by atoms with Gasteiger partial charge in [-0.15, -0.1) is 0 Å². The van der Waals surface area contributed by atoms with Gasteiger partial charge in [0, 0.05) is 10.9 Å². The molecule has 2 heterocycles. The van der Waals surface area contributed by atoms with E-state index in [1.807, 2.05) is 6.07 Å². The number of nitrogens with one attached hydrogen (secondary N) is 1. The second-order valence-electron chi connectivity index (χ2n) is 8.63. The summed E-state index contributed by atoms with van der Waals surface area (Å²) in [5.74, 6) is 0.269. The molecule has 0 bridgehead atoms. The van der Waals surface area contributed by atoms with E-state index < -0.39 is 6.17 Å². The summed E-state index contributed by atoms with van der Waals surface area (Å²) in [6.45, 7) is 1.70. The lowest BCUT2D eigenvalue weighted by atomic mass is 9.86. The Morgan fingerprint density at radius 1 is 1.15 bits per heavy atom. The van der Waals surface area contributed by atoms with E-state index in [0.29, 0.717) is 38.2 Å². The van der Waals surface area contributed by atoms with E-state index in [4.69, 9.17) is 16.1 Å². The zero-order valence-electron chi connectivity index (χ0n) is 18.2. The molecule has 0 unspecified atom stereocenters. The van der Waals surface area contributed by atoms with Gasteiger partial charge in [0.1, 0.15) is 28.6 Å². The highest BCUT2D eigenvalue weighted by molar-refractivity contribution is 6.37. The highest BCUT2D eigenvalue weighted by atomic mass is 35.5. The fraction of sp³-hybridized carbons (Fsp3) is 0.320. The van der Waals surface area contributed by atoms with Crippen LogP contribution in [0.2, 0.25) is 5.02 Å². The number of nitrogens with zero attached hydrogens (tertiary/aromatic N) is 2. The smallest absolute Gasteiger partial charge is 0.265 e. The monoisotopic (exact) mass is 465 g/mol. The first-order chi connectivity index (χ1) is 16.0. The van der Waals surface area contributed by atoms with Crippen molar-refractivity contribution in [3.63, 3.8) is 0 Å². The number of hydrogen-bond acceptors (Lipinski definition) is 5. The van der Waals surface area contributed by atoms with Crippen LogP contribution < -0.4 is 10.9 Å². The predicted molar refractivity (Wildman–Crippen MR) is 127 cm³/mol. The lowest BCUT2D eigenvalue weighted by molar-refractivity contribution is 0.0877. The highest BCUT2D eigenvalue weighted by Crippen LogP contribution is 2.36. The molecule has 2 aromatic carbocycles. The van der Waals surface area contributed by atoms with Crippen LogP contribution in [0.25, 0.3) is 21.8 Å². The standard InChI is InChI=1S/C25H24ClN3O4/c1-14-20-22(28-33-14)21-18(26)8-5-9-19(21)29(25(20)32)23(15-6-3-2-4-7-15)27-24(31)16-10-12-17(30)13-11-16/h5,8-13,15,23,30H,2-4,6-7H2,1H3,(H,27,31)/t23-/m1/s1. The Labute approximate surface area is 194 Å². The van der Waals surface area contributed by atoms with Gasteiger partial charge in [0.15, 0.2) is 0 Å². The number of aryl methyl sites for hydroxylation is 1. The Bertz CT molecular complexity index is 1400. The molecule has 2 aromatic heterocycles. The van der Waals surface area contributed by atoms with E-state index in [1.165, 1.54) is 12.1 Å². The van der Waals surface area contributed by atoms with Gasteiger partial charge in [-0.25, -0.2) is 0 Å². The number of fused-ring (bicyclic) bond motifs is 3. The normalized spacial score (nSPS) is 15.7. The van der Waals surface area contributed by atoms with E-state index in [0.717, 1.165) is 32.1 Å². The van der Waals surface area contributed by atoms with Crippen LogP contribution in [-0.4, -0.2) is 20.7 Å². The van der Waals surface area contributed by atoms with E-state index in [9.17, 15) is 14.7 Å². The number of carbonyl (C=O) groups excluding carboxylic acids is 1. The van der Waals surface area contributed by atoms with Crippen molar-refractivity contribution >= 4 is 39.3 Å². The maximum Gasteiger partial charge on any atom is 0.265 e. The van der Waals surface area contributed by atoms with E-state index >= 15 is 0 Å². The summed E-state index contributed by atoms with van der Waals surface area (Å²) in [6, 6.07) is 11.4. The lowest BCUT2D eigenvalue weighted by Crippen LogP contribution is -2.42. The number of benzene rings is 2. The Hall–Kier alpha value is -3.32. The molecule has 170 valence electrons. The number of amides is 1. The maximum atomic E-state index is 13.8. The molecule has 1 amide bonds. The summed E-state index contributed by atoms with van der Waals surface area (Å²) in [4.78, 5) is 27.0. The molecule has 0 saturated heterocycles. The highest BCUT2D eigenvalue weighted by Gasteiger charge is 2.31. The van der Waals surface area contributed by atoms with Crippen molar-refractivity contribution in [1.29, 1.82) is 0 Å². The molecule has 2 N–H and O–H groups in total. The summed E-state index contributed by atoms with van der Waals surface area (Å²) in [5, 5.41) is 18.3. The van der Waals surface area contributed by atoms with Crippen molar-refractivity contribution in [3.8, 4) is 5.75 Å². The molecule has 0 spiro atoms. The fourth-order valence-corrected chi connectivity index (χ4v) is 5.18. The minimum atomic E-state index is -0.571. The third kappa shape index (κ3) is 3.76. The SMILES string of the molecule is Cc1onc2c1c(=O)n([C@@H](NC(=O)c1ccc(O)cc1)C1CCCCC1)c1cccc(Cl)c21. The first kappa shape index (κ1) is 21.5. The average molecular weight is 466 g/mol. The number of aromatic nitrogens is 2. The van der Waals surface area contributed by atoms with Crippen LogP contribution in [0.1, 0.15) is 54.4 Å². The molecule has 1 fully saturated rings. The van der Waals surface area contributed by atoms with Crippen LogP contribution in [0.4, 0.5) is 0 Å². The predicted octanol–water partition coefficient (Wildman–Crippen LogP) is 5.32. The minimum absolute atomic E-state index is 0.0808. The molecule has 4 aromatic rings. The fourth-order valence-electron chi connectivity index (χ4n) is 4.92. The first-order valence-electron chi connectivity index (χ1n) is 11.1. The van der Waals surface area contributed by atoms with Gasteiger partial charge in [-0.1, -0.05) is 42.1 Å². The molecule has 8 heteroatoms. The van der Waals surface area contributed by atoms with Crippen molar-refractivity contribution in [2.24, 2.45) is 5.92 Å². The van der Waals surface area contributed by atoms with Crippen molar-refractivity contribution in [2.75, 3.05) is 0 Å². The van der Waals surface area contributed by atoms with Gasteiger partial charge >= 0.3 is 0 Å². The molecule has 0 aliphatic heterocycles. The zero-order valence-corrected chi connectivity index (χ0v) is 18.9. The second-order valence-corrected chi connectivity index (χ2v) is 9.04. The molecule has 5 rings (SSSR count). The number of pyridine rings is 1. The van der Waals surface area contributed by atoms with Crippen LogP contribution in [-0.2, 0) is 0 Å². The Balaban J connectivity index is 1.72. The third-order valence-corrected chi connectivity index (χ3v) is 6.88. The molecule has 0 radical (unpaired) electrons. The number of halogens is 1. The number of carbonyl (C=O) groups is 1. The van der Waals surface area contributed by atoms with Gasteiger partial charge in [-0.3, -0.25) is 14.2 Å². The van der Waals surface area contributed by atoms with Gasteiger partial charge in [0.2, 0.25) is 0 Å². The molecule has 1 aliphatic rings. The third-order valence-electron chi connectivity index (χ3n) is 6.57. The van der Waals surface area contributed by atoms with Gasteiger partial charge < -0.3 is 14.9 Å². The van der Waals surface area contributed by atoms with Crippen molar-refractivity contribution in [2.45, 2.75) is 45.2 Å². The summed E-state index contributed by atoms with van der Waals surface area (Å²) in [5.41, 5.74) is 1.18. The summed E-state index contributed by atoms with van der Waals surface area (Å²) in [6.07, 6.45) is 4.45. The molecule has 1 aliphatic carbocycles. The van der Waals surface area contributed by atoms with Crippen molar-refractivity contribution in [3.05, 3.63) is 69.2 Å². The Morgan fingerprint density at radius 2 is 1.88 bits per heavy atom. The zero-order chi connectivity index (χ0) is 23.1. The van der Waals surface area contributed by atoms with E-state index in [1.54, 1.807) is 35.8 Å². The largest absolute Gasteiger partial charge is 0.508 e. The van der Waals surface area contributed by atoms with Crippen LogP contribution in [0, 0.1) is 12.8 Å². The maximum absolute atomic E-state index is 13.8. The number of phenols is 1. The van der Waals surface area contributed by atoms with Crippen LogP contribution in [0.3, 0.4) is 0 Å². The van der Waals surface area contributed by atoms with E-state index in [-0.39, 0.29) is 23.1 Å². The first-order valence-corrected chi connectivity index (χ1v) is 11.5. The summed E-state index contributed by atoms with van der Waals surface area (Å²) in [7, 11) is 0. The van der Waals surface area contributed by atoms with Gasteiger partial charge in [-0.2, -0.15) is 0 Å². The number of phenolic OH excluding ortho intramolecular Hbond substituents is 1. The molecular weight excluding hydrogens is 442 g/mol. The van der Waals surface area contributed by atoms with Gasteiger partial charge in [0.05, 0.1) is 10.5 Å².